The molecule has 0 unspecified atom stereocenters. The molecule has 33 heavy (non-hydrogen) atoms. The SMILES string of the molecule is Cc1nc2ccccc2c(=O)n1-c1ccc(C(=O)NCCc2ccc(OC(F)F)cc2)cc1. The first-order chi connectivity index (χ1) is 15.9. The summed E-state index contributed by atoms with van der Waals surface area (Å²) in [6.45, 7) is -0.717. The molecule has 8 heteroatoms. The molecular formula is C25H21F2N3O3. The monoisotopic (exact) mass is 449 g/mol. The molecule has 1 aromatic heterocycles. The Hall–Kier alpha value is -4.07. The molecule has 1 N–H and O–H groups in total. The molecular weight excluding hydrogens is 428 g/mol. The second-order valence-corrected chi connectivity index (χ2v) is 7.39. The number of carbonyl (C=O) groups is 1. The average Bonchev–Trinajstić information content (AvgIpc) is 2.80. The highest BCUT2D eigenvalue weighted by Crippen LogP contribution is 2.16. The number of carbonyl (C=O) groups excluding carboxylic acids is 1. The van der Waals surface area contributed by atoms with E-state index in [0.29, 0.717) is 40.9 Å². The number of ether oxygens (including phenoxy) is 1. The van der Waals surface area contributed by atoms with Gasteiger partial charge in [-0.15, -0.1) is 0 Å². The standard InChI is InChI=1S/C25H21F2N3O3/c1-16-29-22-5-3-2-4-21(22)24(32)30(16)19-10-8-18(9-11-19)23(31)28-15-14-17-6-12-20(13-7-17)33-25(26)27/h2-13,25H,14-15H2,1H3,(H,28,31). The third-order valence-electron chi connectivity index (χ3n) is 5.18. The first kappa shape index (κ1) is 22.1. The molecule has 0 bridgehead atoms. The number of amides is 1. The minimum absolute atomic E-state index is 0.0915. The molecule has 0 fully saturated rings. The van der Waals surface area contributed by atoms with Crippen LogP contribution in [-0.4, -0.2) is 28.6 Å². The molecule has 0 aliphatic carbocycles. The van der Waals surface area contributed by atoms with Crippen LogP contribution in [0.25, 0.3) is 16.6 Å². The van der Waals surface area contributed by atoms with E-state index in [1.165, 1.54) is 16.7 Å². The quantitative estimate of drug-likeness (QED) is 0.457. The van der Waals surface area contributed by atoms with Crippen LogP contribution < -0.4 is 15.6 Å². The Balaban J connectivity index is 1.41. The van der Waals surface area contributed by atoms with Gasteiger partial charge in [0, 0.05) is 12.1 Å². The van der Waals surface area contributed by atoms with Crippen LogP contribution >= 0.6 is 0 Å². The van der Waals surface area contributed by atoms with Crippen LogP contribution in [0.4, 0.5) is 8.78 Å². The molecule has 1 amide bonds. The summed E-state index contributed by atoms with van der Waals surface area (Å²) < 4.78 is 30.3. The third-order valence-corrected chi connectivity index (χ3v) is 5.18. The predicted octanol–water partition coefficient (Wildman–Crippen LogP) is 4.27. The Kier molecular flexibility index (Phi) is 6.44. The van der Waals surface area contributed by atoms with Crippen LogP contribution in [0, 0.1) is 6.92 Å². The Morgan fingerprint density at radius 2 is 1.73 bits per heavy atom. The number of hydrogen-bond acceptors (Lipinski definition) is 4. The molecule has 0 aliphatic rings. The van der Waals surface area contributed by atoms with Crippen LogP contribution in [0.1, 0.15) is 21.7 Å². The van der Waals surface area contributed by atoms with Crippen molar-refractivity contribution in [2.45, 2.75) is 20.0 Å². The van der Waals surface area contributed by atoms with Gasteiger partial charge in [-0.05, 0) is 67.4 Å². The zero-order valence-electron chi connectivity index (χ0n) is 17.8. The van der Waals surface area contributed by atoms with E-state index >= 15 is 0 Å². The molecule has 0 saturated carbocycles. The summed E-state index contributed by atoms with van der Waals surface area (Å²) in [5.41, 5.74) is 2.44. The first-order valence-electron chi connectivity index (χ1n) is 10.3. The Bertz CT molecular complexity index is 1330. The molecule has 0 radical (unpaired) electrons. The van der Waals surface area contributed by atoms with E-state index in [2.05, 4.69) is 15.0 Å². The fourth-order valence-electron chi connectivity index (χ4n) is 3.57. The maximum absolute atomic E-state index is 12.9. The summed E-state index contributed by atoms with van der Waals surface area (Å²) in [7, 11) is 0. The number of alkyl halides is 2. The van der Waals surface area contributed by atoms with Gasteiger partial charge in [0.1, 0.15) is 11.6 Å². The Morgan fingerprint density at radius 3 is 2.42 bits per heavy atom. The van der Waals surface area contributed by atoms with E-state index < -0.39 is 6.61 Å². The summed E-state index contributed by atoms with van der Waals surface area (Å²) in [5.74, 6) is 0.398. The molecule has 0 spiro atoms. The van der Waals surface area contributed by atoms with Crippen molar-refractivity contribution in [3.8, 4) is 11.4 Å². The van der Waals surface area contributed by atoms with Crippen molar-refractivity contribution in [2.75, 3.05) is 6.54 Å². The maximum atomic E-state index is 12.9. The van der Waals surface area contributed by atoms with Gasteiger partial charge in [-0.2, -0.15) is 8.78 Å². The third kappa shape index (κ3) is 5.06. The Labute approximate surface area is 188 Å². The fraction of sp³-hybridized carbons (Fsp3) is 0.160. The number of nitrogens with one attached hydrogen (secondary N) is 1. The molecule has 0 saturated heterocycles. The van der Waals surface area contributed by atoms with Gasteiger partial charge >= 0.3 is 6.61 Å². The highest BCUT2D eigenvalue weighted by Gasteiger charge is 2.11. The van der Waals surface area contributed by atoms with Crippen molar-refractivity contribution in [2.24, 2.45) is 0 Å². The van der Waals surface area contributed by atoms with Crippen LogP contribution in [0.5, 0.6) is 5.75 Å². The predicted molar refractivity (Wildman–Crippen MR) is 121 cm³/mol. The van der Waals surface area contributed by atoms with E-state index in [0.717, 1.165) is 5.56 Å². The van der Waals surface area contributed by atoms with Crippen molar-refractivity contribution in [1.82, 2.24) is 14.9 Å². The molecule has 168 valence electrons. The molecule has 3 aromatic carbocycles. The van der Waals surface area contributed by atoms with Gasteiger partial charge in [-0.25, -0.2) is 4.98 Å². The van der Waals surface area contributed by atoms with Crippen molar-refractivity contribution < 1.29 is 18.3 Å². The minimum Gasteiger partial charge on any atom is -0.435 e. The van der Waals surface area contributed by atoms with Crippen molar-refractivity contribution in [3.05, 3.63) is 100 Å². The molecule has 4 aromatic rings. The van der Waals surface area contributed by atoms with Crippen LogP contribution in [0.2, 0.25) is 0 Å². The molecule has 6 nitrogen and oxygen atoms in total. The van der Waals surface area contributed by atoms with Crippen LogP contribution in [0.3, 0.4) is 0 Å². The van der Waals surface area contributed by atoms with Gasteiger partial charge in [0.05, 0.1) is 16.6 Å². The lowest BCUT2D eigenvalue weighted by atomic mass is 10.1. The maximum Gasteiger partial charge on any atom is 0.387 e. The number of halogens is 2. The normalized spacial score (nSPS) is 11.0. The van der Waals surface area contributed by atoms with E-state index in [1.807, 2.05) is 6.07 Å². The second-order valence-electron chi connectivity index (χ2n) is 7.39. The topological polar surface area (TPSA) is 73.2 Å². The van der Waals surface area contributed by atoms with Crippen molar-refractivity contribution in [1.29, 1.82) is 0 Å². The number of rotatable bonds is 7. The molecule has 0 atom stereocenters. The zero-order chi connectivity index (χ0) is 23.4. The second kappa shape index (κ2) is 9.60. The summed E-state index contributed by atoms with van der Waals surface area (Å²) in [6.07, 6.45) is 0.538. The van der Waals surface area contributed by atoms with Crippen LogP contribution in [-0.2, 0) is 6.42 Å². The average molecular weight is 449 g/mol. The highest BCUT2D eigenvalue weighted by molar-refractivity contribution is 5.94. The molecule has 0 aliphatic heterocycles. The number of aromatic nitrogens is 2. The summed E-state index contributed by atoms with van der Waals surface area (Å²) in [6, 6.07) is 20.2. The Morgan fingerprint density at radius 1 is 1.03 bits per heavy atom. The van der Waals surface area contributed by atoms with E-state index in [-0.39, 0.29) is 17.2 Å². The minimum atomic E-state index is -2.86. The lowest BCUT2D eigenvalue weighted by molar-refractivity contribution is -0.0498. The summed E-state index contributed by atoms with van der Waals surface area (Å²) in [5, 5.41) is 3.36. The lowest BCUT2D eigenvalue weighted by Gasteiger charge is -2.12. The van der Waals surface area contributed by atoms with Crippen molar-refractivity contribution in [3.63, 3.8) is 0 Å². The van der Waals surface area contributed by atoms with E-state index in [1.54, 1.807) is 61.5 Å². The van der Waals surface area contributed by atoms with Crippen molar-refractivity contribution >= 4 is 16.8 Å². The van der Waals surface area contributed by atoms with Gasteiger partial charge in [0.15, 0.2) is 0 Å². The molecule has 4 rings (SSSR count). The van der Waals surface area contributed by atoms with Gasteiger partial charge in [-0.3, -0.25) is 14.2 Å². The smallest absolute Gasteiger partial charge is 0.387 e. The van der Waals surface area contributed by atoms with E-state index in [4.69, 9.17) is 0 Å². The number of benzene rings is 3. The van der Waals surface area contributed by atoms with Gasteiger partial charge in [0.2, 0.25) is 0 Å². The van der Waals surface area contributed by atoms with Gasteiger partial charge < -0.3 is 10.1 Å². The number of fused-ring (bicyclic) bond motifs is 1. The number of para-hydroxylation sites is 1. The highest BCUT2D eigenvalue weighted by atomic mass is 19.3. The lowest BCUT2D eigenvalue weighted by Crippen LogP contribution is -2.26. The first-order valence-corrected chi connectivity index (χ1v) is 10.3. The van der Waals surface area contributed by atoms with Crippen LogP contribution in [0.15, 0.2) is 77.6 Å². The van der Waals surface area contributed by atoms with Gasteiger partial charge in [0.25, 0.3) is 11.5 Å². The molecule has 1 heterocycles. The number of hydrogen-bond donors (Lipinski definition) is 1. The van der Waals surface area contributed by atoms with E-state index in [9.17, 15) is 18.4 Å². The number of aryl methyl sites for hydroxylation is 1. The summed E-state index contributed by atoms with van der Waals surface area (Å²) >= 11 is 0. The van der Waals surface area contributed by atoms with Gasteiger partial charge in [-0.1, -0.05) is 24.3 Å². The summed E-state index contributed by atoms with van der Waals surface area (Å²) in [4.78, 5) is 29.9. The zero-order valence-corrected chi connectivity index (χ0v) is 17.8. The largest absolute Gasteiger partial charge is 0.435 e. The number of nitrogens with zero attached hydrogens (tertiary/aromatic N) is 2. The fourth-order valence-corrected chi connectivity index (χ4v) is 3.57.